The average Bonchev–Trinajstić information content (AvgIpc) is 3.10. The fourth-order valence-corrected chi connectivity index (χ4v) is 3.62. The van der Waals surface area contributed by atoms with Crippen LogP contribution in [0.2, 0.25) is 5.02 Å². The molecule has 0 radical (unpaired) electrons. The number of aromatic amines is 1. The number of aromatic nitrogens is 1. The Morgan fingerprint density at radius 2 is 1.64 bits per heavy atom. The Bertz CT molecular complexity index is 1100. The highest BCUT2D eigenvalue weighted by atomic mass is 35.5. The summed E-state index contributed by atoms with van der Waals surface area (Å²) >= 11 is 6.07. The van der Waals surface area contributed by atoms with E-state index >= 15 is 0 Å². The molecule has 0 saturated heterocycles. The van der Waals surface area contributed by atoms with Crippen LogP contribution in [0.5, 0.6) is 0 Å². The first-order chi connectivity index (χ1) is 13.6. The van der Waals surface area contributed by atoms with Crippen LogP contribution in [0.15, 0.2) is 78.9 Å². The predicted molar refractivity (Wildman–Crippen MR) is 112 cm³/mol. The van der Waals surface area contributed by atoms with Crippen molar-refractivity contribution >= 4 is 28.5 Å². The Balaban J connectivity index is 1.83. The highest BCUT2D eigenvalue weighted by Crippen LogP contribution is 2.33. The number of hydrogen-bond acceptors (Lipinski definition) is 2. The van der Waals surface area contributed by atoms with Gasteiger partial charge < -0.3 is 15.4 Å². The molecule has 0 fully saturated rings. The average molecular weight is 391 g/mol. The normalized spacial score (nSPS) is 12.2. The number of carbonyl (C=O) groups is 1. The molecule has 0 spiro atoms. The maximum absolute atomic E-state index is 12.0. The van der Waals surface area contributed by atoms with Crippen molar-refractivity contribution < 1.29 is 9.90 Å². The quantitative estimate of drug-likeness (QED) is 0.413. The number of H-pyrrole nitrogens is 1. The molecule has 1 unspecified atom stereocenters. The van der Waals surface area contributed by atoms with Crippen LogP contribution in [-0.2, 0) is 6.54 Å². The van der Waals surface area contributed by atoms with Crippen molar-refractivity contribution in [2.45, 2.75) is 12.6 Å². The van der Waals surface area contributed by atoms with Gasteiger partial charge in [-0.3, -0.25) is 0 Å². The summed E-state index contributed by atoms with van der Waals surface area (Å²) in [5, 5.41) is 14.9. The summed E-state index contributed by atoms with van der Waals surface area (Å²) in [5.74, 6) is -0.980. The molecule has 3 N–H and O–H groups in total. The number of aromatic carboxylic acids is 1. The minimum absolute atomic E-state index is 0.196. The van der Waals surface area contributed by atoms with Gasteiger partial charge in [-0.1, -0.05) is 72.3 Å². The van der Waals surface area contributed by atoms with Crippen molar-refractivity contribution in [2.75, 3.05) is 0 Å². The predicted octanol–water partition coefficient (Wildman–Crippen LogP) is 5.40. The summed E-state index contributed by atoms with van der Waals surface area (Å²) in [6.45, 7) is 0.604. The Kier molecular flexibility index (Phi) is 5.15. The lowest BCUT2D eigenvalue weighted by Gasteiger charge is -2.20. The van der Waals surface area contributed by atoms with Gasteiger partial charge in [-0.05, 0) is 29.3 Å². The number of nitrogens with one attached hydrogen (secondary N) is 2. The van der Waals surface area contributed by atoms with Gasteiger partial charge in [0.15, 0.2) is 0 Å². The smallest absolute Gasteiger partial charge is 0.352 e. The van der Waals surface area contributed by atoms with E-state index in [-0.39, 0.29) is 11.7 Å². The summed E-state index contributed by atoms with van der Waals surface area (Å²) < 4.78 is 0. The molecule has 4 nitrogen and oxygen atoms in total. The van der Waals surface area contributed by atoms with E-state index in [2.05, 4.69) is 10.3 Å². The molecule has 0 bridgehead atoms. The van der Waals surface area contributed by atoms with E-state index in [9.17, 15) is 9.90 Å². The van der Waals surface area contributed by atoms with Gasteiger partial charge >= 0.3 is 5.97 Å². The zero-order chi connectivity index (χ0) is 19.5. The van der Waals surface area contributed by atoms with Gasteiger partial charge in [0.1, 0.15) is 5.69 Å². The second kappa shape index (κ2) is 7.89. The molecule has 1 atom stereocenters. The van der Waals surface area contributed by atoms with Crippen LogP contribution in [0.1, 0.15) is 33.2 Å². The number of hydrogen-bond donors (Lipinski definition) is 3. The van der Waals surface area contributed by atoms with E-state index in [1.54, 1.807) is 0 Å². The molecule has 4 rings (SSSR count). The first kappa shape index (κ1) is 18.3. The van der Waals surface area contributed by atoms with Crippen molar-refractivity contribution in [3.8, 4) is 0 Å². The van der Waals surface area contributed by atoms with Gasteiger partial charge in [0.25, 0.3) is 0 Å². The van der Waals surface area contributed by atoms with Gasteiger partial charge in [0.2, 0.25) is 0 Å². The van der Waals surface area contributed by atoms with Gasteiger partial charge in [-0.2, -0.15) is 0 Å². The molecule has 0 amide bonds. The van der Waals surface area contributed by atoms with Gasteiger partial charge in [-0.15, -0.1) is 0 Å². The molecule has 4 aromatic rings. The summed E-state index contributed by atoms with van der Waals surface area (Å²) in [7, 11) is 0. The van der Waals surface area contributed by atoms with E-state index in [1.165, 1.54) is 0 Å². The number of benzene rings is 3. The largest absolute Gasteiger partial charge is 0.477 e. The molecular weight excluding hydrogens is 372 g/mol. The number of para-hydroxylation sites is 1. The zero-order valence-corrected chi connectivity index (χ0v) is 15.8. The minimum Gasteiger partial charge on any atom is -0.477 e. The second-order valence-electron chi connectivity index (χ2n) is 6.62. The minimum atomic E-state index is -0.980. The van der Waals surface area contributed by atoms with Gasteiger partial charge in [0.05, 0.1) is 6.04 Å². The number of carboxylic acid groups (broad SMARTS) is 1. The molecule has 3 aromatic carbocycles. The SMILES string of the molecule is O=C(O)c1[nH]c2ccccc2c1C(NCc1ccccc1)c1ccc(Cl)cc1. The molecule has 28 heavy (non-hydrogen) atoms. The number of carboxylic acids is 1. The van der Waals surface area contributed by atoms with Crippen LogP contribution in [0.3, 0.4) is 0 Å². The van der Waals surface area contributed by atoms with Crippen LogP contribution in [0.25, 0.3) is 10.9 Å². The van der Waals surface area contributed by atoms with Crippen molar-refractivity contribution in [2.24, 2.45) is 0 Å². The summed E-state index contributed by atoms with van der Waals surface area (Å²) in [5.41, 5.74) is 3.80. The third-order valence-electron chi connectivity index (χ3n) is 4.81. The number of rotatable bonds is 6. The lowest BCUT2D eigenvalue weighted by molar-refractivity contribution is 0.0689. The molecular formula is C23H19ClN2O2. The van der Waals surface area contributed by atoms with E-state index in [0.29, 0.717) is 11.6 Å². The van der Waals surface area contributed by atoms with Crippen LogP contribution in [-0.4, -0.2) is 16.1 Å². The molecule has 1 aromatic heterocycles. The fraction of sp³-hybridized carbons (Fsp3) is 0.0870. The lowest BCUT2D eigenvalue weighted by atomic mass is 9.95. The van der Waals surface area contributed by atoms with Crippen LogP contribution in [0, 0.1) is 0 Å². The second-order valence-corrected chi connectivity index (χ2v) is 7.05. The van der Waals surface area contributed by atoms with Gasteiger partial charge in [-0.25, -0.2) is 4.79 Å². The maximum Gasteiger partial charge on any atom is 0.352 e. The summed E-state index contributed by atoms with van der Waals surface area (Å²) in [6, 6.07) is 24.9. The molecule has 0 saturated carbocycles. The monoisotopic (exact) mass is 390 g/mol. The first-order valence-corrected chi connectivity index (χ1v) is 9.38. The van der Waals surface area contributed by atoms with Crippen molar-refractivity contribution in [3.63, 3.8) is 0 Å². The highest BCUT2D eigenvalue weighted by molar-refractivity contribution is 6.30. The molecule has 0 aliphatic heterocycles. The van der Waals surface area contributed by atoms with Gasteiger partial charge in [0, 0.05) is 28.0 Å². The topological polar surface area (TPSA) is 65.1 Å². The molecule has 1 heterocycles. The molecule has 140 valence electrons. The fourth-order valence-electron chi connectivity index (χ4n) is 3.49. The Morgan fingerprint density at radius 3 is 2.36 bits per heavy atom. The van der Waals surface area contributed by atoms with E-state index in [1.807, 2.05) is 78.9 Å². The number of fused-ring (bicyclic) bond motifs is 1. The van der Waals surface area contributed by atoms with Crippen molar-refractivity contribution in [1.29, 1.82) is 0 Å². The summed E-state index contributed by atoms with van der Waals surface area (Å²) in [4.78, 5) is 15.0. The highest BCUT2D eigenvalue weighted by Gasteiger charge is 2.25. The molecule has 0 aliphatic carbocycles. The first-order valence-electron chi connectivity index (χ1n) is 9.00. The molecule has 5 heteroatoms. The maximum atomic E-state index is 12.0. The van der Waals surface area contributed by atoms with Crippen LogP contribution in [0.4, 0.5) is 0 Å². The number of halogens is 1. The van der Waals surface area contributed by atoms with E-state index in [0.717, 1.165) is 27.6 Å². The lowest BCUT2D eigenvalue weighted by Crippen LogP contribution is -2.23. The van der Waals surface area contributed by atoms with Crippen LogP contribution < -0.4 is 5.32 Å². The zero-order valence-electron chi connectivity index (χ0n) is 15.0. The van der Waals surface area contributed by atoms with Crippen molar-refractivity contribution in [3.05, 3.63) is 106 Å². The van der Waals surface area contributed by atoms with E-state index < -0.39 is 5.97 Å². The van der Waals surface area contributed by atoms with Crippen LogP contribution >= 0.6 is 11.6 Å². The van der Waals surface area contributed by atoms with Crippen molar-refractivity contribution in [1.82, 2.24) is 10.3 Å². The third kappa shape index (κ3) is 3.65. The Morgan fingerprint density at radius 1 is 0.964 bits per heavy atom. The summed E-state index contributed by atoms with van der Waals surface area (Å²) in [6.07, 6.45) is 0. The molecule has 0 aliphatic rings. The third-order valence-corrected chi connectivity index (χ3v) is 5.06. The Hall–Kier alpha value is -3.08. The van der Waals surface area contributed by atoms with E-state index in [4.69, 9.17) is 11.6 Å². The standard InChI is InChI=1S/C23H19ClN2O2/c24-17-12-10-16(11-13-17)21(25-14-15-6-2-1-3-7-15)20-18-8-4-5-9-19(18)26-22(20)23(27)28/h1-13,21,25-26H,14H2,(H,27,28). The Labute approximate surface area is 167 Å².